The fraction of sp³-hybridized carbons (Fsp3) is 0.333. The van der Waals surface area contributed by atoms with Gasteiger partial charge in [-0.2, -0.15) is 0 Å². The third kappa shape index (κ3) is 4.84. The van der Waals surface area contributed by atoms with Gasteiger partial charge in [-0.15, -0.1) is 13.2 Å². The van der Waals surface area contributed by atoms with E-state index in [4.69, 9.17) is 16.2 Å². The zero-order valence-corrected chi connectivity index (χ0v) is 16.4. The predicted octanol–water partition coefficient (Wildman–Crippen LogP) is 3.18. The fourth-order valence-electron chi connectivity index (χ4n) is 3.70. The molecule has 1 aliphatic heterocycles. The van der Waals surface area contributed by atoms with E-state index < -0.39 is 12.3 Å². The van der Waals surface area contributed by atoms with Gasteiger partial charge in [0.25, 0.3) is 0 Å². The monoisotopic (exact) mass is 434 g/mol. The van der Waals surface area contributed by atoms with E-state index >= 15 is 0 Å². The van der Waals surface area contributed by atoms with E-state index in [-0.39, 0.29) is 28.6 Å². The molecule has 1 aromatic carbocycles. The number of carbonyl (C=O) groups excluding carboxylic acids is 1. The van der Waals surface area contributed by atoms with Gasteiger partial charge in [-0.25, -0.2) is 4.98 Å². The van der Waals surface area contributed by atoms with Gasteiger partial charge in [-0.1, -0.05) is 12.1 Å². The van der Waals surface area contributed by atoms with Gasteiger partial charge in [0.2, 0.25) is 5.91 Å². The number of nitrogens with two attached hydrogens (primary N) is 2. The molecule has 1 unspecified atom stereocenters. The molecule has 1 saturated carbocycles. The van der Waals surface area contributed by atoms with Crippen LogP contribution in [0.2, 0.25) is 0 Å². The molecule has 4 rings (SSSR count). The van der Waals surface area contributed by atoms with Crippen LogP contribution in [0.1, 0.15) is 28.8 Å². The molecule has 1 aromatic heterocycles. The van der Waals surface area contributed by atoms with Crippen LogP contribution in [0.15, 0.2) is 42.7 Å². The van der Waals surface area contributed by atoms with Gasteiger partial charge in [-0.3, -0.25) is 4.79 Å². The number of carbonyl (C=O) groups is 1. The molecule has 0 radical (unpaired) electrons. The number of rotatable bonds is 6. The molecule has 0 bridgehead atoms. The predicted molar refractivity (Wildman–Crippen MR) is 107 cm³/mol. The summed E-state index contributed by atoms with van der Waals surface area (Å²) < 4.78 is 46.8. The Balaban J connectivity index is 1.41. The minimum atomic E-state index is -4.71. The summed E-state index contributed by atoms with van der Waals surface area (Å²) in [5, 5.41) is 0. The molecule has 4 N–H and O–H groups in total. The maximum atomic E-state index is 12.3. The van der Waals surface area contributed by atoms with Gasteiger partial charge in [0, 0.05) is 18.2 Å². The van der Waals surface area contributed by atoms with Gasteiger partial charge in [0.05, 0.1) is 12.1 Å². The molecule has 2 heterocycles. The maximum absolute atomic E-state index is 12.3. The average molecular weight is 434 g/mol. The van der Waals surface area contributed by atoms with Gasteiger partial charge in [-0.05, 0) is 48.9 Å². The van der Waals surface area contributed by atoms with Crippen molar-refractivity contribution in [2.45, 2.75) is 25.3 Å². The Morgan fingerprint density at radius 2 is 1.97 bits per heavy atom. The molecule has 1 spiro atoms. The molecular weight excluding hydrogens is 413 g/mol. The second-order valence-corrected chi connectivity index (χ2v) is 7.80. The molecule has 1 aliphatic carbocycles. The second-order valence-electron chi connectivity index (χ2n) is 7.80. The van der Waals surface area contributed by atoms with E-state index in [0.717, 1.165) is 24.9 Å². The second kappa shape index (κ2) is 7.68. The number of aromatic nitrogens is 1. The number of anilines is 1. The number of amides is 1. The summed E-state index contributed by atoms with van der Waals surface area (Å²) in [6, 6.07) is 7.15. The Morgan fingerprint density at radius 3 is 2.58 bits per heavy atom. The number of halogens is 3. The van der Waals surface area contributed by atoms with Crippen LogP contribution in [0.25, 0.3) is 6.08 Å². The van der Waals surface area contributed by atoms with Gasteiger partial charge < -0.3 is 25.8 Å². The number of pyridine rings is 1. The van der Waals surface area contributed by atoms with Crippen LogP contribution in [0.3, 0.4) is 0 Å². The third-order valence-corrected chi connectivity index (χ3v) is 5.52. The zero-order chi connectivity index (χ0) is 22.2. The Kier molecular flexibility index (Phi) is 5.16. The topological polar surface area (TPSA) is 104 Å². The molecule has 2 aromatic rings. The molecule has 1 saturated heterocycles. The highest BCUT2D eigenvalue weighted by Gasteiger charge is 2.56. The first kappa shape index (κ1) is 20.8. The number of nitrogens with zero attached hydrogens (tertiary/aromatic N) is 2. The van der Waals surface area contributed by atoms with E-state index in [1.165, 1.54) is 24.4 Å². The van der Waals surface area contributed by atoms with Gasteiger partial charge in [0.15, 0.2) is 11.6 Å². The van der Waals surface area contributed by atoms with Crippen molar-refractivity contribution in [3.63, 3.8) is 0 Å². The summed E-state index contributed by atoms with van der Waals surface area (Å²) in [6.45, 7) is 1.39. The summed E-state index contributed by atoms with van der Waals surface area (Å²) in [5.41, 5.74) is 12.2. The highest BCUT2D eigenvalue weighted by Crippen LogP contribution is 2.54. The van der Waals surface area contributed by atoms with Crippen molar-refractivity contribution in [1.29, 1.82) is 0 Å². The van der Waals surface area contributed by atoms with Crippen molar-refractivity contribution in [3.8, 4) is 11.5 Å². The third-order valence-electron chi connectivity index (χ3n) is 5.52. The number of hydrogen-bond donors (Lipinski definition) is 2. The number of likely N-dealkylation sites (tertiary alicyclic amines) is 1. The van der Waals surface area contributed by atoms with Crippen LogP contribution >= 0.6 is 0 Å². The SMILES string of the molecule is NC(=O)c1cnc(N)c(OC2CN(C=Cc3ccc(OC(F)(F)F)cc3)CC23CC3)c1. The van der Waals surface area contributed by atoms with Crippen molar-refractivity contribution in [2.75, 3.05) is 18.8 Å². The van der Waals surface area contributed by atoms with E-state index in [2.05, 4.69) is 14.6 Å². The number of alkyl halides is 3. The summed E-state index contributed by atoms with van der Waals surface area (Å²) in [4.78, 5) is 17.5. The molecule has 2 aliphatic rings. The lowest BCUT2D eigenvalue weighted by Crippen LogP contribution is -2.28. The minimum absolute atomic E-state index is 0.00388. The lowest BCUT2D eigenvalue weighted by molar-refractivity contribution is -0.274. The number of primary amides is 1. The van der Waals surface area contributed by atoms with Crippen molar-refractivity contribution in [2.24, 2.45) is 11.1 Å². The van der Waals surface area contributed by atoms with Crippen molar-refractivity contribution < 1.29 is 27.4 Å². The maximum Gasteiger partial charge on any atom is 0.573 e. The molecule has 1 amide bonds. The first-order valence-corrected chi connectivity index (χ1v) is 9.64. The fourth-order valence-corrected chi connectivity index (χ4v) is 3.70. The van der Waals surface area contributed by atoms with Crippen LogP contribution in [0.4, 0.5) is 19.0 Å². The van der Waals surface area contributed by atoms with Crippen LogP contribution < -0.4 is 20.9 Å². The highest BCUT2D eigenvalue weighted by atomic mass is 19.4. The molecule has 164 valence electrons. The van der Waals surface area contributed by atoms with E-state index in [0.29, 0.717) is 12.3 Å². The summed E-state index contributed by atoms with van der Waals surface area (Å²) >= 11 is 0. The molecule has 10 heteroatoms. The molecular formula is C21H21F3N4O3. The highest BCUT2D eigenvalue weighted by molar-refractivity contribution is 5.93. The summed E-state index contributed by atoms with van der Waals surface area (Å²) in [7, 11) is 0. The van der Waals surface area contributed by atoms with E-state index in [1.807, 2.05) is 12.3 Å². The molecule has 31 heavy (non-hydrogen) atoms. The van der Waals surface area contributed by atoms with E-state index in [1.54, 1.807) is 12.1 Å². The van der Waals surface area contributed by atoms with Crippen LogP contribution in [0, 0.1) is 5.41 Å². The summed E-state index contributed by atoms with van der Waals surface area (Å²) in [5.74, 6) is -0.351. The number of nitrogen functional groups attached to an aromatic ring is 1. The van der Waals surface area contributed by atoms with Gasteiger partial charge >= 0.3 is 6.36 Å². The summed E-state index contributed by atoms with van der Waals surface area (Å²) in [6.07, 6.45) is 2.20. The normalized spacial score (nSPS) is 19.7. The Bertz CT molecular complexity index is 1000. The average Bonchev–Trinajstić information content (AvgIpc) is 3.38. The first-order chi connectivity index (χ1) is 14.6. The van der Waals surface area contributed by atoms with Crippen LogP contribution in [0.5, 0.6) is 11.5 Å². The quantitative estimate of drug-likeness (QED) is 0.724. The van der Waals surface area contributed by atoms with Crippen LogP contribution in [-0.4, -0.2) is 41.3 Å². The van der Waals surface area contributed by atoms with Crippen LogP contribution in [-0.2, 0) is 0 Å². The minimum Gasteiger partial charge on any atom is -0.484 e. The standard InChI is InChI=1S/C21H21F3N4O3/c22-21(23,24)31-15-3-1-13(2-4-15)5-8-28-11-17(20(12-28)6-7-20)30-16-9-14(19(26)29)10-27-18(16)25/h1-5,8-10,17H,6-7,11-12H2,(H2,25,27)(H2,26,29). The van der Waals surface area contributed by atoms with Crippen molar-refractivity contribution in [3.05, 3.63) is 53.9 Å². The van der Waals surface area contributed by atoms with E-state index in [9.17, 15) is 18.0 Å². The van der Waals surface area contributed by atoms with Gasteiger partial charge in [0.1, 0.15) is 11.9 Å². The molecule has 2 fully saturated rings. The Labute approximate surface area is 176 Å². The molecule has 7 nitrogen and oxygen atoms in total. The lowest BCUT2D eigenvalue weighted by Gasteiger charge is -2.20. The Hall–Kier alpha value is -3.43. The number of hydrogen-bond acceptors (Lipinski definition) is 6. The van der Waals surface area contributed by atoms with Crippen molar-refractivity contribution >= 4 is 17.8 Å². The molecule has 1 atom stereocenters. The van der Waals surface area contributed by atoms with Crippen molar-refractivity contribution in [1.82, 2.24) is 9.88 Å². The first-order valence-electron chi connectivity index (χ1n) is 9.64. The largest absolute Gasteiger partial charge is 0.573 e. The Morgan fingerprint density at radius 1 is 1.26 bits per heavy atom. The zero-order valence-electron chi connectivity index (χ0n) is 16.4. The lowest BCUT2D eigenvalue weighted by atomic mass is 10.0. The smallest absolute Gasteiger partial charge is 0.484 e. The number of benzene rings is 1. The number of ether oxygens (including phenoxy) is 2.